The van der Waals surface area contributed by atoms with Gasteiger partial charge < -0.3 is 0 Å². The average molecular weight is 187 g/mol. The van der Waals surface area contributed by atoms with Gasteiger partial charge in [0, 0.05) is 12.1 Å². The van der Waals surface area contributed by atoms with Gasteiger partial charge in [0.25, 0.3) is 0 Å². The minimum Gasteiger partial charge on any atom is -0.260 e. The quantitative estimate of drug-likeness (QED) is 0.678. The predicted octanol–water partition coefficient (Wildman–Crippen LogP) is 3.98. The third kappa shape index (κ3) is 1.72. The average Bonchev–Trinajstić information content (AvgIpc) is 2.57. The summed E-state index contributed by atoms with van der Waals surface area (Å²) in [5, 5.41) is 0. The molecular weight excluding hydrogens is 170 g/mol. The fraction of sp³-hybridized carbons (Fsp3) is 0.462. The van der Waals surface area contributed by atoms with E-state index in [9.17, 15) is 0 Å². The van der Waals surface area contributed by atoms with Gasteiger partial charge >= 0.3 is 0 Å². The van der Waals surface area contributed by atoms with Crippen molar-refractivity contribution in [2.75, 3.05) is 0 Å². The Labute approximate surface area is 85.9 Å². The molecule has 0 spiro atoms. The second-order valence-electron chi connectivity index (χ2n) is 4.09. The molecule has 1 nitrogen and oxygen atoms in total. The second kappa shape index (κ2) is 3.95. The molecule has 0 saturated heterocycles. The largest absolute Gasteiger partial charge is 0.260 e. The van der Waals surface area contributed by atoms with Crippen molar-refractivity contribution >= 4 is 11.9 Å². The van der Waals surface area contributed by atoms with E-state index in [0.29, 0.717) is 5.92 Å². The minimum atomic E-state index is 0.575. The zero-order valence-corrected chi connectivity index (χ0v) is 8.96. The van der Waals surface area contributed by atoms with Crippen LogP contribution in [-0.2, 0) is 0 Å². The monoisotopic (exact) mass is 187 g/mol. The summed E-state index contributed by atoms with van der Waals surface area (Å²) in [5.74, 6) is 0.575. The molecule has 1 aromatic carbocycles. The number of nitrogens with zero attached hydrogens (tertiary/aromatic N) is 1. The van der Waals surface area contributed by atoms with Crippen molar-refractivity contribution in [3.8, 4) is 0 Å². The molecule has 1 atom stereocenters. The Hall–Kier alpha value is -1.11. The van der Waals surface area contributed by atoms with Crippen LogP contribution < -0.4 is 0 Å². The van der Waals surface area contributed by atoms with Crippen LogP contribution in [0.25, 0.3) is 0 Å². The number of benzene rings is 1. The van der Waals surface area contributed by atoms with Crippen LogP contribution in [0.4, 0.5) is 5.69 Å². The van der Waals surface area contributed by atoms with Gasteiger partial charge in [-0.25, -0.2) is 0 Å². The van der Waals surface area contributed by atoms with E-state index in [1.54, 1.807) is 0 Å². The fourth-order valence-electron chi connectivity index (χ4n) is 1.98. The Morgan fingerprint density at radius 3 is 3.00 bits per heavy atom. The van der Waals surface area contributed by atoms with Gasteiger partial charge in [0.15, 0.2) is 0 Å². The minimum absolute atomic E-state index is 0.575. The van der Waals surface area contributed by atoms with E-state index in [1.165, 1.54) is 36.1 Å². The Bertz CT molecular complexity index is 352. The van der Waals surface area contributed by atoms with Crippen molar-refractivity contribution in [3.05, 3.63) is 29.3 Å². The molecule has 2 rings (SSSR count). The highest BCUT2D eigenvalue weighted by molar-refractivity contribution is 5.80. The summed E-state index contributed by atoms with van der Waals surface area (Å²) < 4.78 is 0. The lowest BCUT2D eigenvalue weighted by atomic mass is 9.95. The van der Waals surface area contributed by atoms with Crippen LogP contribution in [0.2, 0.25) is 0 Å². The van der Waals surface area contributed by atoms with Crippen molar-refractivity contribution in [2.45, 2.75) is 39.0 Å². The van der Waals surface area contributed by atoms with Crippen LogP contribution in [0.5, 0.6) is 0 Å². The van der Waals surface area contributed by atoms with Gasteiger partial charge in [-0.15, -0.1) is 0 Å². The molecule has 1 aliphatic rings. The van der Waals surface area contributed by atoms with Gasteiger partial charge in [-0.05, 0) is 30.5 Å². The molecule has 0 amide bonds. The van der Waals surface area contributed by atoms with E-state index in [2.05, 4.69) is 43.3 Å². The summed E-state index contributed by atoms with van der Waals surface area (Å²) in [7, 11) is 0. The number of aliphatic imine (C=N–C) groups is 1. The molecule has 1 unspecified atom stereocenters. The normalized spacial score (nSPS) is 18.6. The first-order valence-corrected chi connectivity index (χ1v) is 5.46. The van der Waals surface area contributed by atoms with Crippen LogP contribution in [0.1, 0.15) is 43.2 Å². The predicted molar refractivity (Wildman–Crippen MR) is 61.6 cm³/mol. The lowest BCUT2D eigenvalue weighted by Gasteiger charge is -2.08. The maximum Gasteiger partial charge on any atom is 0.0667 e. The molecule has 0 N–H and O–H groups in total. The lowest BCUT2D eigenvalue weighted by molar-refractivity contribution is 0.696. The second-order valence-corrected chi connectivity index (χ2v) is 4.09. The van der Waals surface area contributed by atoms with Gasteiger partial charge in [-0.3, -0.25) is 4.99 Å². The molecule has 0 aliphatic carbocycles. The molecule has 1 heteroatoms. The Morgan fingerprint density at radius 1 is 1.36 bits per heavy atom. The summed E-state index contributed by atoms with van der Waals surface area (Å²) in [6, 6.07) is 6.60. The SMILES string of the molecule is CCCCC1C=Nc2cc(C)ccc21. The van der Waals surface area contributed by atoms with E-state index in [-0.39, 0.29) is 0 Å². The smallest absolute Gasteiger partial charge is 0.0667 e. The number of hydrogen-bond acceptors (Lipinski definition) is 1. The molecule has 0 saturated carbocycles. The van der Waals surface area contributed by atoms with Crippen molar-refractivity contribution in [1.29, 1.82) is 0 Å². The summed E-state index contributed by atoms with van der Waals surface area (Å²) in [4.78, 5) is 4.47. The van der Waals surface area contributed by atoms with Gasteiger partial charge in [0.1, 0.15) is 0 Å². The molecular formula is C13H17N. The summed E-state index contributed by atoms with van der Waals surface area (Å²) in [6.45, 7) is 4.36. The van der Waals surface area contributed by atoms with Gasteiger partial charge in [0.2, 0.25) is 0 Å². The highest BCUT2D eigenvalue weighted by atomic mass is 14.8. The Morgan fingerprint density at radius 2 is 2.21 bits per heavy atom. The maximum absolute atomic E-state index is 4.47. The first kappa shape index (κ1) is 9.45. The first-order chi connectivity index (χ1) is 6.81. The number of unbranched alkanes of at least 4 members (excludes halogenated alkanes) is 1. The van der Waals surface area contributed by atoms with Crippen LogP contribution in [0, 0.1) is 6.92 Å². The Kier molecular flexibility index (Phi) is 2.67. The van der Waals surface area contributed by atoms with Crippen LogP contribution in [0.15, 0.2) is 23.2 Å². The first-order valence-electron chi connectivity index (χ1n) is 5.46. The summed E-state index contributed by atoms with van der Waals surface area (Å²) >= 11 is 0. The fourth-order valence-corrected chi connectivity index (χ4v) is 1.98. The van der Waals surface area contributed by atoms with Gasteiger partial charge in [-0.2, -0.15) is 0 Å². The molecule has 1 heterocycles. The van der Waals surface area contributed by atoms with Crippen molar-refractivity contribution in [2.24, 2.45) is 4.99 Å². The Balaban J connectivity index is 2.18. The molecule has 0 fully saturated rings. The van der Waals surface area contributed by atoms with Crippen molar-refractivity contribution in [1.82, 2.24) is 0 Å². The lowest BCUT2D eigenvalue weighted by Crippen LogP contribution is -1.95. The number of aryl methyl sites for hydroxylation is 1. The zero-order chi connectivity index (χ0) is 9.97. The topological polar surface area (TPSA) is 12.4 Å². The molecule has 0 radical (unpaired) electrons. The number of rotatable bonds is 3. The van der Waals surface area contributed by atoms with Crippen LogP contribution >= 0.6 is 0 Å². The maximum atomic E-state index is 4.47. The van der Waals surface area contributed by atoms with E-state index in [0.717, 1.165) is 0 Å². The van der Waals surface area contributed by atoms with Crippen molar-refractivity contribution < 1.29 is 0 Å². The van der Waals surface area contributed by atoms with E-state index in [4.69, 9.17) is 0 Å². The summed E-state index contributed by atoms with van der Waals surface area (Å²) in [6.07, 6.45) is 5.92. The highest BCUT2D eigenvalue weighted by Gasteiger charge is 2.17. The number of hydrogen-bond donors (Lipinski definition) is 0. The van der Waals surface area contributed by atoms with Crippen LogP contribution in [-0.4, -0.2) is 6.21 Å². The molecule has 0 aromatic heterocycles. The zero-order valence-electron chi connectivity index (χ0n) is 8.96. The van der Waals surface area contributed by atoms with Crippen molar-refractivity contribution in [3.63, 3.8) is 0 Å². The third-order valence-corrected chi connectivity index (χ3v) is 2.85. The van der Waals surface area contributed by atoms with Crippen LogP contribution in [0.3, 0.4) is 0 Å². The van der Waals surface area contributed by atoms with E-state index in [1.807, 2.05) is 0 Å². The van der Waals surface area contributed by atoms with Gasteiger partial charge in [-0.1, -0.05) is 31.9 Å². The van der Waals surface area contributed by atoms with Gasteiger partial charge in [0.05, 0.1) is 5.69 Å². The summed E-state index contributed by atoms with van der Waals surface area (Å²) in [5.41, 5.74) is 3.91. The molecule has 74 valence electrons. The van der Waals surface area contributed by atoms with E-state index >= 15 is 0 Å². The molecule has 0 bridgehead atoms. The van der Waals surface area contributed by atoms with E-state index < -0.39 is 0 Å². The highest BCUT2D eigenvalue weighted by Crippen LogP contribution is 2.35. The third-order valence-electron chi connectivity index (χ3n) is 2.85. The molecule has 1 aromatic rings. The standard InChI is InChI=1S/C13H17N/c1-3-4-5-11-9-14-13-8-10(2)6-7-12(11)13/h6-9,11H,3-5H2,1-2H3. The number of fused-ring (bicyclic) bond motifs is 1. The molecule has 14 heavy (non-hydrogen) atoms. The molecule has 1 aliphatic heterocycles.